The molecule has 8 heteroatoms. The smallest absolute Gasteiger partial charge is 0.283 e. The number of pyridine rings is 2. The Morgan fingerprint density at radius 1 is 0.929 bits per heavy atom. The molecule has 0 unspecified atom stereocenters. The molecule has 3 aromatic heterocycles. The van der Waals surface area contributed by atoms with Crippen LogP contribution in [-0.2, 0) is 0 Å². The van der Waals surface area contributed by atoms with Gasteiger partial charge < -0.3 is 5.11 Å². The van der Waals surface area contributed by atoms with Crippen molar-refractivity contribution in [2.75, 3.05) is 0 Å². The molecular formula is C20H12N4O4. The average molecular weight is 372 g/mol. The molecule has 3 heterocycles. The van der Waals surface area contributed by atoms with Crippen LogP contribution >= 0.6 is 0 Å². The van der Waals surface area contributed by atoms with Crippen molar-refractivity contribution in [3.8, 4) is 5.88 Å². The lowest BCUT2D eigenvalue weighted by Gasteiger charge is -2.05. The number of hydrogen-bond donors (Lipinski definition) is 1. The zero-order valence-electron chi connectivity index (χ0n) is 14.3. The molecule has 0 saturated carbocycles. The molecule has 1 aromatic carbocycles. The molecular weight excluding hydrogens is 360 g/mol. The molecule has 0 aliphatic rings. The van der Waals surface area contributed by atoms with Crippen molar-refractivity contribution < 1.29 is 14.7 Å². The van der Waals surface area contributed by atoms with Crippen LogP contribution in [0.5, 0.6) is 5.88 Å². The highest BCUT2D eigenvalue weighted by molar-refractivity contribution is 6.20. The first-order valence-corrected chi connectivity index (χ1v) is 8.24. The first-order chi connectivity index (χ1) is 13.6. The summed E-state index contributed by atoms with van der Waals surface area (Å²) in [5.74, 6) is -1.75. The fourth-order valence-electron chi connectivity index (χ4n) is 2.98. The summed E-state index contributed by atoms with van der Waals surface area (Å²) in [6, 6.07) is 13.8. The SMILES string of the molecule is O=Nc1ccc2c(C(=O)c3ccccn3)c(O)n(C(=O)c3ccccn3)c2c1. The van der Waals surface area contributed by atoms with Crippen LogP contribution in [0.2, 0.25) is 0 Å². The van der Waals surface area contributed by atoms with Crippen LogP contribution < -0.4 is 0 Å². The number of aromatic hydroxyl groups is 1. The van der Waals surface area contributed by atoms with Gasteiger partial charge in [-0.1, -0.05) is 12.1 Å². The highest BCUT2D eigenvalue weighted by Gasteiger charge is 2.28. The van der Waals surface area contributed by atoms with E-state index in [0.29, 0.717) is 5.39 Å². The summed E-state index contributed by atoms with van der Waals surface area (Å²) in [4.78, 5) is 44.9. The van der Waals surface area contributed by atoms with Gasteiger partial charge in [0.15, 0.2) is 0 Å². The van der Waals surface area contributed by atoms with Crippen molar-refractivity contribution in [2.24, 2.45) is 5.18 Å². The van der Waals surface area contributed by atoms with Gasteiger partial charge in [-0.15, -0.1) is 4.91 Å². The van der Waals surface area contributed by atoms with E-state index in [1.165, 1.54) is 42.7 Å². The highest BCUT2D eigenvalue weighted by atomic mass is 16.3. The van der Waals surface area contributed by atoms with Gasteiger partial charge in [-0.25, -0.2) is 4.57 Å². The Kier molecular flexibility index (Phi) is 4.21. The molecule has 0 spiro atoms. The zero-order chi connectivity index (χ0) is 19.7. The molecule has 0 bridgehead atoms. The van der Waals surface area contributed by atoms with Gasteiger partial charge in [-0.05, 0) is 47.6 Å². The molecule has 0 atom stereocenters. The van der Waals surface area contributed by atoms with Crippen molar-refractivity contribution in [1.82, 2.24) is 14.5 Å². The maximum absolute atomic E-state index is 13.0. The van der Waals surface area contributed by atoms with Gasteiger partial charge in [0.1, 0.15) is 17.1 Å². The normalized spacial score (nSPS) is 10.7. The van der Waals surface area contributed by atoms with E-state index in [2.05, 4.69) is 15.1 Å². The Morgan fingerprint density at radius 3 is 2.21 bits per heavy atom. The maximum atomic E-state index is 13.0. The number of rotatable bonds is 4. The van der Waals surface area contributed by atoms with Crippen molar-refractivity contribution >= 4 is 28.3 Å². The Bertz CT molecular complexity index is 1220. The number of nitrogens with zero attached hydrogens (tertiary/aromatic N) is 4. The minimum absolute atomic E-state index is 0.0527. The van der Waals surface area contributed by atoms with E-state index in [0.717, 1.165) is 4.57 Å². The van der Waals surface area contributed by atoms with Crippen LogP contribution in [0.25, 0.3) is 10.9 Å². The van der Waals surface area contributed by atoms with E-state index in [1.54, 1.807) is 24.3 Å². The number of hydrogen-bond acceptors (Lipinski definition) is 7. The second-order valence-electron chi connectivity index (χ2n) is 5.89. The van der Waals surface area contributed by atoms with E-state index < -0.39 is 17.6 Å². The van der Waals surface area contributed by atoms with Gasteiger partial charge in [0.25, 0.3) is 5.91 Å². The molecule has 4 aromatic rings. The first kappa shape index (κ1) is 17.2. The number of carbonyl (C=O) groups excluding carboxylic acids is 2. The molecule has 28 heavy (non-hydrogen) atoms. The lowest BCUT2D eigenvalue weighted by atomic mass is 10.1. The number of fused-ring (bicyclic) bond motifs is 1. The van der Waals surface area contributed by atoms with Gasteiger partial charge >= 0.3 is 0 Å². The quantitative estimate of drug-likeness (QED) is 0.433. The summed E-state index contributed by atoms with van der Waals surface area (Å²) in [5, 5.41) is 14.0. The number of benzene rings is 1. The molecule has 0 amide bonds. The summed E-state index contributed by atoms with van der Waals surface area (Å²) in [6.07, 6.45) is 2.89. The lowest BCUT2D eigenvalue weighted by molar-refractivity contribution is 0.0951. The molecule has 0 aliphatic heterocycles. The minimum atomic E-state index is -0.647. The van der Waals surface area contributed by atoms with Crippen LogP contribution in [0, 0.1) is 4.91 Å². The topological polar surface area (TPSA) is 115 Å². The monoisotopic (exact) mass is 372 g/mol. The van der Waals surface area contributed by atoms with Crippen LogP contribution in [0.3, 0.4) is 0 Å². The van der Waals surface area contributed by atoms with Crippen molar-refractivity contribution in [3.63, 3.8) is 0 Å². The predicted molar refractivity (Wildman–Crippen MR) is 101 cm³/mol. The fourth-order valence-corrected chi connectivity index (χ4v) is 2.98. The van der Waals surface area contributed by atoms with Crippen molar-refractivity contribution in [1.29, 1.82) is 0 Å². The number of carbonyl (C=O) groups is 2. The third-order valence-electron chi connectivity index (χ3n) is 4.24. The van der Waals surface area contributed by atoms with Crippen LogP contribution in [-0.4, -0.2) is 31.3 Å². The number of nitroso groups, excluding NO2 is 1. The molecule has 0 radical (unpaired) electrons. The summed E-state index contributed by atoms with van der Waals surface area (Å²) >= 11 is 0. The molecule has 4 rings (SSSR count). The third-order valence-corrected chi connectivity index (χ3v) is 4.24. The van der Waals surface area contributed by atoms with Gasteiger partial charge in [0, 0.05) is 17.8 Å². The van der Waals surface area contributed by atoms with Gasteiger partial charge in [0.05, 0.1) is 11.1 Å². The molecule has 8 nitrogen and oxygen atoms in total. The predicted octanol–water partition coefficient (Wildman–Crippen LogP) is 3.45. The Labute approximate surface area is 158 Å². The maximum Gasteiger partial charge on any atom is 0.283 e. The number of ketones is 1. The van der Waals surface area contributed by atoms with Crippen LogP contribution in [0.15, 0.2) is 72.2 Å². The van der Waals surface area contributed by atoms with E-state index >= 15 is 0 Å². The first-order valence-electron chi connectivity index (χ1n) is 8.24. The second kappa shape index (κ2) is 6.84. The summed E-state index contributed by atoms with van der Waals surface area (Å²) in [7, 11) is 0. The average Bonchev–Trinajstić information content (AvgIpc) is 3.04. The fraction of sp³-hybridized carbons (Fsp3) is 0. The number of aromatic nitrogens is 3. The van der Waals surface area contributed by atoms with E-state index in [4.69, 9.17) is 0 Å². The van der Waals surface area contributed by atoms with Gasteiger partial charge in [-0.3, -0.25) is 19.6 Å². The second-order valence-corrected chi connectivity index (χ2v) is 5.89. The molecule has 0 saturated heterocycles. The lowest BCUT2D eigenvalue weighted by Crippen LogP contribution is -2.13. The van der Waals surface area contributed by atoms with Gasteiger partial charge in [0.2, 0.25) is 11.7 Å². The van der Waals surface area contributed by atoms with Crippen LogP contribution in [0.4, 0.5) is 5.69 Å². The summed E-state index contributed by atoms with van der Waals surface area (Å²) in [5.41, 5.74) is 0.313. The molecule has 0 aliphatic carbocycles. The zero-order valence-corrected chi connectivity index (χ0v) is 14.3. The van der Waals surface area contributed by atoms with Crippen LogP contribution in [0.1, 0.15) is 26.5 Å². The highest BCUT2D eigenvalue weighted by Crippen LogP contribution is 2.35. The molecule has 136 valence electrons. The van der Waals surface area contributed by atoms with E-state index in [-0.39, 0.29) is 28.2 Å². The van der Waals surface area contributed by atoms with E-state index in [9.17, 15) is 19.6 Å². The standard InChI is InChI=1S/C20H12N4O4/c25-18(14-5-1-3-9-21-14)17-13-8-7-12(23-28)11-16(13)24(20(17)27)19(26)15-6-2-4-10-22-15/h1-11,27H. The van der Waals surface area contributed by atoms with E-state index in [1.807, 2.05) is 0 Å². The minimum Gasteiger partial charge on any atom is -0.494 e. The summed E-state index contributed by atoms with van der Waals surface area (Å²) < 4.78 is 0.947. The summed E-state index contributed by atoms with van der Waals surface area (Å²) in [6.45, 7) is 0. The van der Waals surface area contributed by atoms with Crippen molar-refractivity contribution in [3.05, 3.63) is 88.8 Å². The third kappa shape index (κ3) is 2.73. The molecule has 0 fully saturated rings. The largest absolute Gasteiger partial charge is 0.494 e. The molecule has 1 N–H and O–H groups in total. The Balaban J connectivity index is 1.99. The Hall–Kier alpha value is -4.20. The van der Waals surface area contributed by atoms with Crippen molar-refractivity contribution in [2.45, 2.75) is 0 Å². The Morgan fingerprint density at radius 2 is 1.61 bits per heavy atom. The van der Waals surface area contributed by atoms with Gasteiger partial charge in [-0.2, -0.15) is 0 Å².